The summed E-state index contributed by atoms with van der Waals surface area (Å²) in [5.41, 5.74) is 1.40. The maximum absolute atomic E-state index is 10.9. The van der Waals surface area contributed by atoms with E-state index in [-0.39, 0.29) is 5.78 Å². The molecular formula is C8H8ClNO. The average Bonchev–Trinajstić information content (AvgIpc) is 1.94. The molecule has 0 saturated heterocycles. The van der Waals surface area contributed by atoms with Crippen molar-refractivity contribution in [3.05, 3.63) is 28.5 Å². The standard InChI is InChI=1S/C8H8ClNO/c1-5-7(6(2)11)3-10-4-8(5)9/h3-4H,1-2H3. The van der Waals surface area contributed by atoms with Crippen molar-refractivity contribution in [3.8, 4) is 0 Å². The zero-order valence-electron chi connectivity index (χ0n) is 6.39. The van der Waals surface area contributed by atoms with Crippen molar-refractivity contribution < 1.29 is 4.79 Å². The Kier molecular flexibility index (Phi) is 2.25. The Morgan fingerprint density at radius 1 is 1.55 bits per heavy atom. The summed E-state index contributed by atoms with van der Waals surface area (Å²) in [4.78, 5) is 14.7. The Morgan fingerprint density at radius 2 is 2.18 bits per heavy atom. The van der Waals surface area contributed by atoms with Crippen molar-refractivity contribution in [3.63, 3.8) is 0 Å². The van der Waals surface area contributed by atoms with E-state index in [0.717, 1.165) is 5.56 Å². The number of rotatable bonds is 1. The summed E-state index contributed by atoms with van der Waals surface area (Å²) in [5, 5.41) is 0.540. The van der Waals surface area contributed by atoms with Crippen LogP contribution in [-0.2, 0) is 0 Å². The second-order valence-corrected chi connectivity index (χ2v) is 2.76. The Morgan fingerprint density at radius 3 is 2.64 bits per heavy atom. The number of halogens is 1. The highest BCUT2D eigenvalue weighted by Crippen LogP contribution is 2.16. The van der Waals surface area contributed by atoms with E-state index in [1.165, 1.54) is 19.3 Å². The number of hydrogen-bond acceptors (Lipinski definition) is 2. The summed E-state index contributed by atoms with van der Waals surface area (Å²) in [7, 11) is 0. The van der Waals surface area contributed by atoms with Gasteiger partial charge in [-0.15, -0.1) is 0 Å². The highest BCUT2D eigenvalue weighted by atomic mass is 35.5. The maximum Gasteiger partial charge on any atom is 0.161 e. The van der Waals surface area contributed by atoms with Crippen molar-refractivity contribution in [2.24, 2.45) is 0 Å². The molecule has 2 nitrogen and oxygen atoms in total. The van der Waals surface area contributed by atoms with Crippen LogP contribution in [-0.4, -0.2) is 10.8 Å². The van der Waals surface area contributed by atoms with Crippen molar-refractivity contribution in [2.75, 3.05) is 0 Å². The van der Waals surface area contributed by atoms with Gasteiger partial charge in [0.1, 0.15) is 0 Å². The fraction of sp³-hybridized carbons (Fsp3) is 0.250. The fourth-order valence-electron chi connectivity index (χ4n) is 0.854. The molecule has 0 aliphatic rings. The van der Waals surface area contributed by atoms with Crippen LogP contribution in [0.2, 0.25) is 5.02 Å². The first-order valence-electron chi connectivity index (χ1n) is 3.24. The lowest BCUT2D eigenvalue weighted by atomic mass is 10.1. The lowest BCUT2D eigenvalue weighted by Gasteiger charge is -2.00. The molecule has 0 N–H and O–H groups in total. The second-order valence-electron chi connectivity index (χ2n) is 2.35. The van der Waals surface area contributed by atoms with E-state index in [1.807, 2.05) is 0 Å². The number of ketones is 1. The molecule has 0 saturated carbocycles. The van der Waals surface area contributed by atoms with Gasteiger partial charge in [-0.1, -0.05) is 11.6 Å². The van der Waals surface area contributed by atoms with Crippen LogP contribution in [0.1, 0.15) is 22.8 Å². The van der Waals surface area contributed by atoms with Crippen LogP contribution in [0.25, 0.3) is 0 Å². The van der Waals surface area contributed by atoms with Gasteiger partial charge in [0.2, 0.25) is 0 Å². The zero-order chi connectivity index (χ0) is 8.43. The second kappa shape index (κ2) is 3.01. The molecule has 0 aromatic carbocycles. The third-order valence-corrected chi connectivity index (χ3v) is 1.91. The molecule has 0 fully saturated rings. The van der Waals surface area contributed by atoms with E-state index in [1.54, 1.807) is 6.92 Å². The third kappa shape index (κ3) is 1.57. The molecule has 0 aliphatic heterocycles. The SMILES string of the molecule is CC(=O)c1cncc(Cl)c1C. The van der Waals surface area contributed by atoms with Gasteiger partial charge >= 0.3 is 0 Å². The van der Waals surface area contributed by atoms with Gasteiger partial charge in [-0.05, 0) is 19.4 Å². The van der Waals surface area contributed by atoms with Crippen LogP contribution in [0.3, 0.4) is 0 Å². The van der Waals surface area contributed by atoms with Gasteiger partial charge in [0.25, 0.3) is 0 Å². The monoisotopic (exact) mass is 169 g/mol. The minimum atomic E-state index is -0.00231. The quantitative estimate of drug-likeness (QED) is 0.604. The summed E-state index contributed by atoms with van der Waals surface area (Å²) >= 11 is 5.74. The van der Waals surface area contributed by atoms with Crippen LogP contribution in [0.4, 0.5) is 0 Å². The number of nitrogens with zero attached hydrogens (tertiary/aromatic N) is 1. The topological polar surface area (TPSA) is 30.0 Å². The molecule has 0 atom stereocenters. The molecule has 0 amide bonds. The normalized spacial score (nSPS) is 9.73. The predicted octanol–water partition coefficient (Wildman–Crippen LogP) is 2.25. The Bertz CT molecular complexity index is 296. The summed E-state index contributed by atoms with van der Waals surface area (Å²) in [6.45, 7) is 3.31. The van der Waals surface area contributed by atoms with Gasteiger partial charge in [-0.3, -0.25) is 9.78 Å². The van der Waals surface area contributed by atoms with E-state index in [4.69, 9.17) is 11.6 Å². The first-order valence-corrected chi connectivity index (χ1v) is 3.61. The molecule has 1 aromatic heterocycles. The number of Topliss-reactive ketones (excluding diaryl/α,β-unsaturated/α-hetero) is 1. The Balaban J connectivity index is 3.27. The van der Waals surface area contributed by atoms with Crippen LogP contribution in [0.5, 0.6) is 0 Å². The lowest BCUT2D eigenvalue weighted by Crippen LogP contribution is -1.97. The van der Waals surface area contributed by atoms with E-state index in [9.17, 15) is 4.79 Å². The number of aromatic nitrogens is 1. The highest BCUT2D eigenvalue weighted by Gasteiger charge is 2.05. The van der Waals surface area contributed by atoms with Crippen LogP contribution >= 0.6 is 11.6 Å². The molecular weight excluding hydrogens is 162 g/mol. The number of pyridine rings is 1. The first kappa shape index (κ1) is 8.21. The van der Waals surface area contributed by atoms with Gasteiger partial charge in [0.05, 0.1) is 5.02 Å². The largest absolute Gasteiger partial charge is 0.294 e. The number of hydrogen-bond donors (Lipinski definition) is 0. The van der Waals surface area contributed by atoms with E-state index < -0.39 is 0 Å². The predicted molar refractivity (Wildman–Crippen MR) is 44.0 cm³/mol. The van der Waals surface area contributed by atoms with Crippen molar-refractivity contribution in [2.45, 2.75) is 13.8 Å². The maximum atomic E-state index is 10.9. The molecule has 3 heteroatoms. The highest BCUT2D eigenvalue weighted by molar-refractivity contribution is 6.31. The molecule has 1 heterocycles. The minimum Gasteiger partial charge on any atom is -0.294 e. The average molecular weight is 170 g/mol. The number of carbonyl (C=O) groups is 1. The lowest BCUT2D eigenvalue weighted by molar-refractivity contribution is 0.101. The molecule has 0 aliphatic carbocycles. The van der Waals surface area contributed by atoms with Crippen molar-refractivity contribution in [1.29, 1.82) is 0 Å². The van der Waals surface area contributed by atoms with Crippen LogP contribution < -0.4 is 0 Å². The summed E-state index contributed by atoms with van der Waals surface area (Å²) < 4.78 is 0. The van der Waals surface area contributed by atoms with Gasteiger partial charge in [-0.2, -0.15) is 0 Å². The van der Waals surface area contributed by atoms with Crippen LogP contribution in [0.15, 0.2) is 12.4 Å². The molecule has 58 valence electrons. The van der Waals surface area contributed by atoms with Gasteiger partial charge in [0.15, 0.2) is 5.78 Å². The van der Waals surface area contributed by atoms with Crippen molar-refractivity contribution >= 4 is 17.4 Å². The Labute approximate surface area is 70.2 Å². The molecule has 0 unspecified atom stereocenters. The van der Waals surface area contributed by atoms with E-state index in [0.29, 0.717) is 10.6 Å². The molecule has 0 radical (unpaired) electrons. The van der Waals surface area contributed by atoms with Gasteiger partial charge < -0.3 is 0 Å². The summed E-state index contributed by atoms with van der Waals surface area (Å²) in [6, 6.07) is 0. The van der Waals surface area contributed by atoms with E-state index in [2.05, 4.69) is 4.98 Å². The molecule has 1 rings (SSSR count). The number of carbonyl (C=O) groups excluding carboxylic acids is 1. The fourth-order valence-corrected chi connectivity index (χ4v) is 1.01. The third-order valence-electron chi connectivity index (χ3n) is 1.53. The Hall–Kier alpha value is -0.890. The van der Waals surface area contributed by atoms with Gasteiger partial charge in [0, 0.05) is 18.0 Å². The van der Waals surface area contributed by atoms with E-state index >= 15 is 0 Å². The summed E-state index contributed by atoms with van der Waals surface area (Å²) in [5.74, 6) is -0.00231. The summed E-state index contributed by atoms with van der Waals surface area (Å²) in [6.07, 6.45) is 3.06. The molecule has 0 spiro atoms. The molecule has 0 bridgehead atoms. The minimum absolute atomic E-state index is 0.00231. The molecule has 1 aromatic rings. The zero-order valence-corrected chi connectivity index (χ0v) is 7.14. The molecule has 11 heavy (non-hydrogen) atoms. The first-order chi connectivity index (χ1) is 5.13. The van der Waals surface area contributed by atoms with Crippen LogP contribution in [0, 0.1) is 6.92 Å². The van der Waals surface area contributed by atoms with Gasteiger partial charge in [-0.25, -0.2) is 0 Å². The smallest absolute Gasteiger partial charge is 0.161 e. The van der Waals surface area contributed by atoms with Crippen molar-refractivity contribution in [1.82, 2.24) is 4.98 Å².